The van der Waals surface area contributed by atoms with Crippen LogP contribution in [0.5, 0.6) is 5.75 Å². The van der Waals surface area contributed by atoms with Gasteiger partial charge in [-0.3, -0.25) is 14.3 Å². The first-order chi connectivity index (χ1) is 16.0. The molecule has 4 heterocycles. The van der Waals surface area contributed by atoms with Gasteiger partial charge < -0.3 is 4.74 Å². The molecule has 0 unspecified atom stereocenters. The number of hydrogen-bond donors (Lipinski definition) is 0. The summed E-state index contributed by atoms with van der Waals surface area (Å²) in [5.41, 5.74) is 2.37. The normalized spacial score (nSPS) is 11.6. The predicted molar refractivity (Wildman–Crippen MR) is 135 cm³/mol. The van der Waals surface area contributed by atoms with Gasteiger partial charge in [0.2, 0.25) is 0 Å². The SMILES string of the molecule is Cc1nc(COc2cc(C)n(-c3cc(-c4ccnc(C(C)(C)C)n4)ncc3Cl)c(=O)c2Cl)cs1. The monoisotopic (exact) mass is 515 g/mol. The second kappa shape index (κ2) is 9.44. The van der Waals surface area contributed by atoms with Gasteiger partial charge in [-0.05, 0) is 26.0 Å². The molecule has 0 atom stereocenters. The summed E-state index contributed by atoms with van der Waals surface area (Å²) in [7, 11) is 0. The van der Waals surface area contributed by atoms with Crippen LogP contribution in [0.1, 0.15) is 43.0 Å². The highest BCUT2D eigenvalue weighted by Gasteiger charge is 2.20. The number of nitrogens with zero attached hydrogens (tertiary/aromatic N) is 5. The molecule has 0 saturated heterocycles. The lowest BCUT2D eigenvalue weighted by molar-refractivity contribution is 0.301. The van der Waals surface area contributed by atoms with Crippen molar-refractivity contribution in [3.05, 3.63) is 78.6 Å². The fourth-order valence-electron chi connectivity index (χ4n) is 3.31. The largest absolute Gasteiger partial charge is 0.485 e. The van der Waals surface area contributed by atoms with E-state index in [0.717, 1.165) is 10.7 Å². The van der Waals surface area contributed by atoms with E-state index in [9.17, 15) is 4.79 Å². The number of halogens is 2. The Morgan fingerprint density at radius 3 is 2.53 bits per heavy atom. The lowest BCUT2D eigenvalue weighted by Crippen LogP contribution is -2.22. The van der Waals surface area contributed by atoms with Crippen molar-refractivity contribution in [3.8, 4) is 22.8 Å². The maximum absolute atomic E-state index is 13.2. The van der Waals surface area contributed by atoms with Gasteiger partial charge >= 0.3 is 0 Å². The van der Waals surface area contributed by atoms with Gasteiger partial charge in [-0.1, -0.05) is 44.0 Å². The van der Waals surface area contributed by atoms with Crippen LogP contribution in [-0.4, -0.2) is 24.5 Å². The van der Waals surface area contributed by atoms with Crippen LogP contribution in [0.25, 0.3) is 17.1 Å². The molecule has 176 valence electrons. The summed E-state index contributed by atoms with van der Waals surface area (Å²) >= 11 is 14.4. The highest BCUT2D eigenvalue weighted by Crippen LogP contribution is 2.29. The quantitative estimate of drug-likeness (QED) is 0.326. The maximum atomic E-state index is 13.2. The second-order valence-corrected chi connectivity index (χ2v) is 10.6. The zero-order valence-electron chi connectivity index (χ0n) is 19.4. The molecule has 0 saturated carbocycles. The molecule has 4 rings (SSSR count). The molecule has 7 nitrogen and oxygen atoms in total. The fourth-order valence-corrected chi connectivity index (χ4v) is 4.29. The summed E-state index contributed by atoms with van der Waals surface area (Å²) < 4.78 is 7.24. The highest BCUT2D eigenvalue weighted by atomic mass is 35.5. The molecule has 0 bridgehead atoms. The Morgan fingerprint density at radius 2 is 1.85 bits per heavy atom. The Labute approximate surface area is 211 Å². The topological polar surface area (TPSA) is 82.8 Å². The zero-order chi connectivity index (χ0) is 24.6. The van der Waals surface area contributed by atoms with Gasteiger partial charge in [0, 0.05) is 34.9 Å². The maximum Gasteiger partial charge on any atom is 0.277 e. The second-order valence-electron chi connectivity index (χ2n) is 8.79. The fraction of sp³-hybridized carbons (Fsp3) is 0.292. The molecule has 34 heavy (non-hydrogen) atoms. The number of rotatable bonds is 5. The van der Waals surface area contributed by atoms with Gasteiger partial charge in [0.25, 0.3) is 5.56 Å². The van der Waals surface area contributed by atoms with Gasteiger partial charge in [-0.2, -0.15) is 0 Å². The van der Waals surface area contributed by atoms with Crippen molar-refractivity contribution >= 4 is 34.5 Å². The summed E-state index contributed by atoms with van der Waals surface area (Å²) in [5, 5.41) is 3.12. The van der Waals surface area contributed by atoms with E-state index in [-0.39, 0.29) is 17.0 Å². The van der Waals surface area contributed by atoms with Crippen LogP contribution < -0.4 is 10.3 Å². The van der Waals surface area contributed by atoms with Crippen LogP contribution in [0, 0.1) is 13.8 Å². The Balaban J connectivity index is 1.73. The molecule has 0 spiro atoms. The van der Waals surface area contributed by atoms with Gasteiger partial charge in [0.15, 0.2) is 0 Å². The molecule has 0 fully saturated rings. The predicted octanol–water partition coefficient (Wildman–Crippen LogP) is 5.95. The molecule has 0 N–H and O–H groups in total. The van der Waals surface area contributed by atoms with Crippen molar-refractivity contribution in [2.24, 2.45) is 0 Å². The van der Waals surface area contributed by atoms with Crippen LogP contribution in [-0.2, 0) is 12.0 Å². The van der Waals surface area contributed by atoms with Crippen LogP contribution in [0.15, 0.2) is 40.8 Å². The number of thiazole rings is 1. The summed E-state index contributed by atoms with van der Waals surface area (Å²) in [6, 6.07) is 5.21. The molecular formula is C24H23Cl2N5O2S. The van der Waals surface area contributed by atoms with E-state index in [2.05, 4.69) is 19.9 Å². The van der Waals surface area contributed by atoms with Crippen molar-refractivity contribution in [2.45, 2.75) is 46.6 Å². The third kappa shape index (κ3) is 4.99. The Bertz CT molecular complexity index is 1430. The first-order valence-corrected chi connectivity index (χ1v) is 12.1. The number of ether oxygens (including phenoxy) is 1. The first-order valence-electron chi connectivity index (χ1n) is 10.5. The average Bonchev–Trinajstić information content (AvgIpc) is 3.21. The number of hydrogen-bond acceptors (Lipinski definition) is 7. The van der Waals surface area contributed by atoms with Crippen molar-refractivity contribution in [1.82, 2.24) is 24.5 Å². The van der Waals surface area contributed by atoms with Crippen LogP contribution >= 0.6 is 34.5 Å². The molecule has 4 aromatic heterocycles. The van der Waals surface area contributed by atoms with E-state index in [0.29, 0.717) is 39.4 Å². The third-order valence-corrected chi connectivity index (χ3v) is 6.47. The summed E-state index contributed by atoms with van der Waals surface area (Å²) in [6.45, 7) is 10.0. The Hall–Kier alpha value is -2.81. The third-order valence-electron chi connectivity index (χ3n) is 5.01. The lowest BCUT2D eigenvalue weighted by Gasteiger charge is -2.17. The standard InChI is InChI=1S/C24H23Cl2N5O2S/c1-13-8-20(33-11-15-12-34-14(2)29-15)21(26)22(32)31(13)19-9-18(28-10-16(19)25)17-6-7-27-23(30-17)24(3,4)5/h6-10,12H,11H2,1-5H3. The minimum atomic E-state index is -0.441. The average molecular weight is 516 g/mol. The summed E-state index contributed by atoms with van der Waals surface area (Å²) in [5.74, 6) is 0.985. The van der Waals surface area contributed by atoms with E-state index >= 15 is 0 Å². The Kier molecular flexibility index (Phi) is 6.75. The molecule has 4 aromatic rings. The number of aryl methyl sites for hydroxylation is 2. The van der Waals surface area contributed by atoms with Crippen molar-refractivity contribution < 1.29 is 4.74 Å². The number of aromatic nitrogens is 5. The molecule has 0 amide bonds. The summed E-state index contributed by atoms with van der Waals surface area (Å²) in [4.78, 5) is 31.1. The van der Waals surface area contributed by atoms with Gasteiger partial charge in [-0.15, -0.1) is 11.3 Å². The molecular weight excluding hydrogens is 493 g/mol. The van der Waals surface area contributed by atoms with Crippen LogP contribution in [0.3, 0.4) is 0 Å². The molecule has 0 aliphatic heterocycles. The van der Waals surface area contributed by atoms with Crippen LogP contribution in [0.2, 0.25) is 10.0 Å². The molecule has 0 aliphatic carbocycles. The van der Waals surface area contributed by atoms with Gasteiger partial charge in [0.05, 0.1) is 32.8 Å². The van der Waals surface area contributed by atoms with E-state index < -0.39 is 5.56 Å². The van der Waals surface area contributed by atoms with Crippen molar-refractivity contribution in [3.63, 3.8) is 0 Å². The van der Waals surface area contributed by atoms with E-state index in [1.54, 1.807) is 31.3 Å². The van der Waals surface area contributed by atoms with Gasteiger partial charge in [0.1, 0.15) is 23.2 Å². The smallest absolute Gasteiger partial charge is 0.277 e. The summed E-state index contributed by atoms with van der Waals surface area (Å²) in [6.07, 6.45) is 3.20. The van der Waals surface area contributed by atoms with E-state index in [1.165, 1.54) is 22.1 Å². The lowest BCUT2D eigenvalue weighted by atomic mass is 9.95. The number of pyridine rings is 2. The minimum Gasteiger partial charge on any atom is -0.485 e. The molecule has 10 heteroatoms. The molecule has 0 aromatic carbocycles. The van der Waals surface area contributed by atoms with E-state index in [1.807, 2.05) is 33.1 Å². The molecule has 0 radical (unpaired) electrons. The molecule has 0 aliphatic rings. The van der Waals surface area contributed by atoms with Crippen molar-refractivity contribution in [2.75, 3.05) is 0 Å². The van der Waals surface area contributed by atoms with Crippen molar-refractivity contribution in [1.29, 1.82) is 0 Å². The first kappa shape index (κ1) is 24.3. The Morgan fingerprint density at radius 1 is 1.09 bits per heavy atom. The minimum absolute atomic E-state index is 0.0379. The van der Waals surface area contributed by atoms with E-state index in [4.69, 9.17) is 27.9 Å². The van der Waals surface area contributed by atoms with Gasteiger partial charge in [-0.25, -0.2) is 15.0 Å². The van der Waals surface area contributed by atoms with Crippen LogP contribution in [0.4, 0.5) is 0 Å². The zero-order valence-corrected chi connectivity index (χ0v) is 21.7. The highest BCUT2D eigenvalue weighted by molar-refractivity contribution is 7.09.